The fraction of sp³-hybridized carbons (Fsp3) is 0.600. The topological polar surface area (TPSA) is 69.6 Å². The zero-order valence-electron chi connectivity index (χ0n) is 12.3. The minimum Gasteiger partial charge on any atom is -0.392 e. The van der Waals surface area contributed by atoms with E-state index in [0.29, 0.717) is 12.1 Å². The fourth-order valence-electron chi connectivity index (χ4n) is 2.62. The van der Waals surface area contributed by atoms with Crippen LogP contribution < -0.4 is 4.72 Å². The molecule has 0 aromatic heterocycles. The van der Waals surface area contributed by atoms with Gasteiger partial charge in [-0.15, -0.1) is 0 Å². The molecule has 0 amide bonds. The van der Waals surface area contributed by atoms with Gasteiger partial charge in [0.2, 0.25) is 10.0 Å². The molecule has 0 spiro atoms. The average molecular weight is 312 g/mol. The standard InChI is InChI=1S/C15H24N2O3S/c18-12-14-5-3-6-15(11-14)13-21(19,20)16-7-4-10-17-8-1-2-9-17/h3,5-6,11,16,18H,1-2,4,7-10,12-13H2. The molecule has 1 aliphatic heterocycles. The number of aliphatic hydroxyl groups is 1. The van der Waals surface area contributed by atoms with Crippen LogP contribution in [0.4, 0.5) is 0 Å². The lowest BCUT2D eigenvalue weighted by Gasteiger charge is -2.14. The molecular weight excluding hydrogens is 288 g/mol. The third-order valence-electron chi connectivity index (χ3n) is 3.70. The molecule has 2 rings (SSSR count). The van der Waals surface area contributed by atoms with Crippen LogP contribution in [-0.4, -0.2) is 44.6 Å². The fourth-order valence-corrected chi connectivity index (χ4v) is 3.80. The van der Waals surface area contributed by atoms with Crippen LogP contribution in [0.15, 0.2) is 24.3 Å². The van der Waals surface area contributed by atoms with E-state index in [1.54, 1.807) is 24.3 Å². The number of nitrogens with one attached hydrogen (secondary N) is 1. The van der Waals surface area contributed by atoms with E-state index in [0.717, 1.165) is 31.6 Å². The van der Waals surface area contributed by atoms with Crippen molar-refractivity contribution in [3.05, 3.63) is 35.4 Å². The SMILES string of the molecule is O=S(=O)(Cc1cccc(CO)c1)NCCCN1CCCC1. The van der Waals surface area contributed by atoms with Crippen LogP contribution >= 0.6 is 0 Å². The number of sulfonamides is 1. The Labute approximate surface area is 127 Å². The molecule has 1 fully saturated rings. The highest BCUT2D eigenvalue weighted by Crippen LogP contribution is 2.09. The molecule has 1 saturated heterocycles. The van der Waals surface area contributed by atoms with E-state index in [4.69, 9.17) is 5.11 Å². The lowest BCUT2D eigenvalue weighted by Crippen LogP contribution is -2.29. The molecule has 118 valence electrons. The maximum Gasteiger partial charge on any atom is 0.215 e. The normalized spacial score (nSPS) is 16.4. The zero-order chi connectivity index (χ0) is 15.1. The number of rotatable bonds is 8. The van der Waals surface area contributed by atoms with Crippen molar-refractivity contribution in [2.45, 2.75) is 31.6 Å². The smallest absolute Gasteiger partial charge is 0.215 e. The summed E-state index contributed by atoms with van der Waals surface area (Å²) in [5, 5.41) is 9.07. The van der Waals surface area contributed by atoms with Crippen molar-refractivity contribution in [3.8, 4) is 0 Å². The van der Waals surface area contributed by atoms with Crippen LogP contribution in [0.2, 0.25) is 0 Å². The molecule has 6 heteroatoms. The highest BCUT2D eigenvalue weighted by atomic mass is 32.2. The van der Waals surface area contributed by atoms with E-state index in [2.05, 4.69) is 9.62 Å². The number of likely N-dealkylation sites (tertiary alicyclic amines) is 1. The Bertz CT molecular complexity index is 540. The number of aliphatic hydroxyl groups excluding tert-OH is 1. The van der Waals surface area contributed by atoms with Gasteiger partial charge in [0.05, 0.1) is 12.4 Å². The first-order valence-corrected chi connectivity index (χ1v) is 9.13. The molecule has 21 heavy (non-hydrogen) atoms. The van der Waals surface area contributed by atoms with Gasteiger partial charge in [0.15, 0.2) is 0 Å². The predicted octanol–water partition coefficient (Wildman–Crippen LogP) is 1.08. The molecule has 0 radical (unpaired) electrons. The third kappa shape index (κ3) is 5.74. The summed E-state index contributed by atoms with van der Waals surface area (Å²) in [6.07, 6.45) is 3.36. The predicted molar refractivity (Wildman–Crippen MR) is 83.3 cm³/mol. The molecule has 1 aromatic rings. The van der Waals surface area contributed by atoms with Crippen molar-refractivity contribution in [2.75, 3.05) is 26.2 Å². The summed E-state index contributed by atoms with van der Waals surface area (Å²) in [5.74, 6) is -0.0371. The van der Waals surface area contributed by atoms with Crippen LogP contribution in [-0.2, 0) is 22.4 Å². The lowest BCUT2D eigenvalue weighted by molar-refractivity contribution is 0.282. The Morgan fingerprint density at radius 2 is 1.90 bits per heavy atom. The monoisotopic (exact) mass is 312 g/mol. The van der Waals surface area contributed by atoms with Gasteiger partial charge in [0.25, 0.3) is 0 Å². The van der Waals surface area contributed by atoms with Crippen molar-refractivity contribution in [1.29, 1.82) is 0 Å². The van der Waals surface area contributed by atoms with Gasteiger partial charge in [-0.3, -0.25) is 0 Å². The van der Waals surface area contributed by atoms with Gasteiger partial charge in [-0.25, -0.2) is 13.1 Å². The van der Waals surface area contributed by atoms with E-state index >= 15 is 0 Å². The molecule has 0 aliphatic carbocycles. The summed E-state index contributed by atoms with van der Waals surface area (Å²) in [7, 11) is -3.31. The Balaban J connectivity index is 1.75. The van der Waals surface area contributed by atoms with Crippen LogP contribution in [0.1, 0.15) is 30.4 Å². The average Bonchev–Trinajstić information content (AvgIpc) is 2.96. The summed E-state index contributed by atoms with van der Waals surface area (Å²) in [6, 6.07) is 7.04. The number of hydrogen-bond donors (Lipinski definition) is 2. The van der Waals surface area contributed by atoms with Gasteiger partial charge in [-0.1, -0.05) is 24.3 Å². The van der Waals surface area contributed by atoms with Crippen LogP contribution in [0.3, 0.4) is 0 Å². The van der Waals surface area contributed by atoms with Crippen molar-refractivity contribution >= 4 is 10.0 Å². The molecule has 0 unspecified atom stereocenters. The van der Waals surface area contributed by atoms with Crippen molar-refractivity contribution in [1.82, 2.24) is 9.62 Å². The highest BCUT2D eigenvalue weighted by molar-refractivity contribution is 7.88. The van der Waals surface area contributed by atoms with Crippen molar-refractivity contribution in [3.63, 3.8) is 0 Å². The highest BCUT2D eigenvalue weighted by Gasteiger charge is 2.13. The molecule has 1 aliphatic rings. The van der Waals surface area contributed by atoms with E-state index in [1.165, 1.54) is 12.8 Å². The maximum atomic E-state index is 12.0. The van der Waals surface area contributed by atoms with Gasteiger partial charge in [0.1, 0.15) is 0 Å². The number of benzene rings is 1. The summed E-state index contributed by atoms with van der Waals surface area (Å²) in [6.45, 7) is 3.65. The molecule has 2 N–H and O–H groups in total. The second kappa shape index (κ2) is 7.89. The lowest BCUT2D eigenvalue weighted by atomic mass is 10.1. The van der Waals surface area contributed by atoms with Crippen LogP contribution in [0.25, 0.3) is 0 Å². The zero-order valence-corrected chi connectivity index (χ0v) is 13.1. The van der Waals surface area contributed by atoms with Crippen LogP contribution in [0.5, 0.6) is 0 Å². The molecule has 1 aromatic carbocycles. The summed E-state index contributed by atoms with van der Waals surface area (Å²) < 4.78 is 26.7. The van der Waals surface area contributed by atoms with Crippen LogP contribution in [0, 0.1) is 0 Å². The first-order valence-electron chi connectivity index (χ1n) is 7.47. The second-order valence-electron chi connectivity index (χ2n) is 5.53. The van der Waals surface area contributed by atoms with E-state index in [1.807, 2.05) is 0 Å². The minimum absolute atomic E-state index is 0.0371. The van der Waals surface area contributed by atoms with E-state index in [9.17, 15) is 8.42 Å². The van der Waals surface area contributed by atoms with Crippen molar-refractivity contribution in [2.24, 2.45) is 0 Å². The second-order valence-corrected chi connectivity index (χ2v) is 7.34. The number of hydrogen-bond acceptors (Lipinski definition) is 4. The van der Waals surface area contributed by atoms with Gasteiger partial charge in [-0.2, -0.15) is 0 Å². The molecular formula is C15H24N2O3S. The Hall–Kier alpha value is -0.950. The summed E-state index contributed by atoms with van der Waals surface area (Å²) in [5.41, 5.74) is 1.44. The minimum atomic E-state index is -3.31. The van der Waals surface area contributed by atoms with Crippen molar-refractivity contribution < 1.29 is 13.5 Å². The van der Waals surface area contributed by atoms with E-state index in [-0.39, 0.29) is 12.4 Å². The molecule has 0 saturated carbocycles. The largest absolute Gasteiger partial charge is 0.392 e. The Morgan fingerprint density at radius 1 is 1.19 bits per heavy atom. The number of nitrogens with zero attached hydrogens (tertiary/aromatic N) is 1. The molecule has 5 nitrogen and oxygen atoms in total. The quantitative estimate of drug-likeness (QED) is 0.705. The van der Waals surface area contributed by atoms with Gasteiger partial charge in [0, 0.05) is 6.54 Å². The third-order valence-corrected chi connectivity index (χ3v) is 5.06. The summed E-state index contributed by atoms with van der Waals surface area (Å²) in [4.78, 5) is 2.37. The molecule has 0 bridgehead atoms. The summed E-state index contributed by atoms with van der Waals surface area (Å²) >= 11 is 0. The Morgan fingerprint density at radius 3 is 2.62 bits per heavy atom. The van der Waals surface area contributed by atoms with Gasteiger partial charge < -0.3 is 10.0 Å². The Kier molecular flexibility index (Phi) is 6.17. The molecule has 1 heterocycles. The van der Waals surface area contributed by atoms with E-state index < -0.39 is 10.0 Å². The molecule has 0 atom stereocenters. The first-order chi connectivity index (χ1) is 10.1. The first kappa shape index (κ1) is 16.4. The van der Waals surface area contributed by atoms with Gasteiger partial charge in [-0.05, 0) is 50.0 Å². The maximum absolute atomic E-state index is 12.0. The van der Waals surface area contributed by atoms with Gasteiger partial charge >= 0.3 is 0 Å².